The molecule has 1 N–H and O–H groups in total. The van der Waals surface area contributed by atoms with Crippen LogP contribution in [-0.4, -0.2) is 74.4 Å². The Morgan fingerprint density at radius 3 is 2.90 bits per heavy atom. The molecule has 0 aromatic carbocycles. The molecule has 4 nitrogen and oxygen atoms in total. The molecule has 0 radical (unpaired) electrons. The lowest BCUT2D eigenvalue weighted by Crippen LogP contribution is -2.50. The van der Waals surface area contributed by atoms with Crippen LogP contribution in [0.25, 0.3) is 0 Å². The molecule has 0 aliphatic carbocycles. The highest BCUT2D eigenvalue weighted by Crippen LogP contribution is 2.14. The first-order chi connectivity index (χ1) is 9.69. The molecular weight excluding hydrogens is 250 g/mol. The third-order valence-electron chi connectivity index (χ3n) is 4.35. The van der Waals surface area contributed by atoms with Crippen LogP contribution >= 0.6 is 0 Å². The van der Waals surface area contributed by atoms with E-state index < -0.39 is 0 Å². The summed E-state index contributed by atoms with van der Waals surface area (Å²) in [5.74, 6) is 0.750. The highest BCUT2D eigenvalue weighted by Gasteiger charge is 2.27. The van der Waals surface area contributed by atoms with Gasteiger partial charge in [-0.25, -0.2) is 0 Å². The molecule has 2 unspecified atom stereocenters. The van der Waals surface area contributed by atoms with Gasteiger partial charge in [0.1, 0.15) is 0 Å². The van der Waals surface area contributed by atoms with E-state index in [0.717, 1.165) is 44.7 Å². The summed E-state index contributed by atoms with van der Waals surface area (Å²) in [7, 11) is 0. The van der Waals surface area contributed by atoms with Crippen molar-refractivity contribution in [3.63, 3.8) is 0 Å². The van der Waals surface area contributed by atoms with E-state index in [2.05, 4.69) is 35.9 Å². The smallest absolute Gasteiger partial charge is 0.0829 e. The van der Waals surface area contributed by atoms with Crippen LogP contribution in [0.15, 0.2) is 0 Å². The zero-order valence-corrected chi connectivity index (χ0v) is 13.6. The van der Waals surface area contributed by atoms with E-state index in [1.807, 2.05) is 0 Å². The zero-order valence-electron chi connectivity index (χ0n) is 13.6. The van der Waals surface area contributed by atoms with E-state index in [1.165, 1.54) is 32.5 Å². The second-order valence-corrected chi connectivity index (χ2v) is 6.79. The lowest BCUT2D eigenvalue weighted by atomic mass is 10.1. The molecule has 0 spiro atoms. The van der Waals surface area contributed by atoms with Gasteiger partial charge in [0.15, 0.2) is 0 Å². The predicted molar refractivity (Wildman–Crippen MR) is 84.2 cm³/mol. The van der Waals surface area contributed by atoms with Crippen LogP contribution in [0, 0.1) is 5.92 Å². The SMILES string of the molecule is CCCN(CC1CN(CC(C)C)CCO1)C1CCNC1. The number of hydrogen-bond acceptors (Lipinski definition) is 4. The Hall–Kier alpha value is -0.160. The van der Waals surface area contributed by atoms with E-state index in [4.69, 9.17) is 4.74 Å². The molecule has 2 aliphatic rings. The fraction of sp³-hybridized carbons (Fsp3) is 1.00. The molecule has 0 amide bonds. The average molecular weight is 283 g/mol. The average Bonchev–Trinajstić information content (AvgIpc) is 2.91. The maximum Gasteiger partial charge on any atom is 0.0829 e. The summed E-state index contributed by atoms with van der Waals surface area (Å²) in [6, 6.07) is 0.721. The van der Waals surface area contributed by atoms with Crippen molar-refractivity contribution in [1.29, 1.82) is 0 Å². The van der Waals surface area contributed by atoms with Crippen molar-refractivity contribution < 1.29 is 4.74 Å². The largest absolute Gasteiger partial charge is 0.374 e. The fourth-order valence-corrected chi connectivity index (χ4v) is 3.50. The molecule has 118 valence electrons. The molecule has 4 heteroatoms. The number of hydrogen-bond donors (Lipinski definition) is 1. The van der Waals surface area contributed by atoms with Crippen molar-refractivity contribution >= 4 is 0 Å². The van der Waals surface area contributed by atoms with Crippen molar-refractivity contribution in [2.24, 2.45) is 5.92 Å². The van der Waals surface area contributed by atoms with Gasteiger partial charge in [0.2, 0.25) is 0 Å². The van der Waals surface area contributed by atoms with Gasteiger partial charge in [-0.2, -0.15) is 0 Å². The lowest BCUT2D eigenvalue weighted by Gasteiger charge is -2.38. The van der Waals surface area contributed by atoms with Crippen LogP contribution in [0.2, 0.25) is 0 Å². The Morgan fingerprint density at radius 2 is 2.25 bits per heavy atom. The molecule has 0 bridgehead atoms. The van der Waals surface area contributed by atoms with Gasteiger partial charge >= 0.3 is 0 Å². The Morgan fingerprint density at radius 1 is 1.40 bits per heavy atom. The summed E-state index contributed by atoms with van der Waals surface area (Å²) in [6.07, 6.45) is 2.93. The van der Waals surface area contributed by atoms with Crippen LogP contribution < -0.4 is 5.32 Å². The minimum Gasteiger partial charge on any atom is -0.374 e. The molecule has 0 aromatic heterocycles. The zero-order chi connectivity index (χ0) is 14.4. The van der Waals surface area contributed by atoms with E-state index in [1.54, 1.807) is 0 Å². The summed E-state index contributed by atoms with van der Waals surface area (Å²) >= 11 is 0. The van der Waals surface area contributed by atoms with Gasteiger partial charge in [-0.05, 0) is 31.8 Å². The number of morpholine rings is 1. The van der Waals surface area contributed by atoms with Crippen molar-refractivity contribution in [2.75, 3.05) is 52.4 Å². The number of nitrogens with zero attached hydrogens (tertiary/aromatic N) is 2. The van der Waals surface area contributed by atoms with Crippen molar-refractivity contribution in [3.8, 4) is 0 Å². The minimum atomic E-state index is 0.398. The van der Waals surface area contributed by atoms with Gasteiger partial charge in [0.25, 0.3) is 0 Å². The van der Waals surface area contributed by atoms with Gasteiger partial charge < -0.3 is 10.1 Å². The molecule has 2 saturated heterocycles. The van der Waals surface area contributed by atoms with Gasteiger partial charge in [-0.15, -0.1) is 0 Å². The van der Waals surface area contributed by atoms with Crippen LogP contribution in [0.5, 0.6) is 0 Å². The van der Waals surface area contributed by atoms with Crippen LogP contribution in [0.3, 0.4) is 0 Å². The van der Waals surface area contributed by atoms with Crippen LogP contribution in [0.1, 0.15) is 33.6 Å². The summed E-state index contributed by atoms with van der Waals surface area (Å²) in [5, 5.41) is 3.49. The Balaban J connectivity index is 1.82. The normalized spacial score (nSPS) is 28.6. The Kier molecular flexibility index (Phi) is 6.75. The Labute approximate surface area is 124 Å². The van der Waals surface area contributed by atoms with Gasteiger partial charge in [0.05, 0.1) is 12.7 Å². The van der Waals surface area contributed by atoms with Gasteiger partial charge in [-0.3, -0.25) is 9.80 Å². The molecule has 20 heavy (non-hydrogen) atoms. The second-order valence-electron chi connectivity index (χ2n) is 6.79. The van der Waals surface area contributed by atoms with E-state index in [0.29, 0.717) is 6.10 Å². The van der Waals surface area contributed by atoms with Crippen LogP contribution in [-0.2, 0) is 4.74 Å². The first kappa shape index (κ1) is 16.2. The second kappa shape index (κ2) is 8.32. The summed E-state index contributed by atoms with van der Waals surface area (Å²) in [4.78, 5) is 5.24. The summed E-state index contributed by atoms with van der Waals surface area (Å²) in [5.41, 5.74) is 0. The fourth-order valence-electron chi connectivity index (χ4n) is 3.50. The minimum absolute atomic E-state index is 0.398. The first-order valence-corrected chi connectivity index (χ1v) is 8.47. The third kappa shape index (κ3) is 4.99. The van der Waals surface area contributed by atoms with Gasteiger partial charge in [0, 0.05) is 38.8 Å². The maximum atomic E-state index is 6.02. The highest BCUT2D eigenvalue weighted by molar-refractivity contribution is 4.84. The Bertz CT molecular complexity index is 266. The maximum absolute atomic E-state index is 6.02. The van der Waals surface area contributed by atoms with Crippen molar-refractivity contribution in [3.05, 3.63) is 0 Å². The first-order valence-electron chi connectivity index (χ1n) is 8.47. The monoisotopic (exact) mass is 283 g/mol. The highest BCUT2D eigenvalue weighted by atomic mass is 16.5. The van der Waals surface area contributed by atoms with E-state index in [-0.39, 0.29) is 0 Å². The molecule has 0 saturated carbocycles. The molecule has 2 heterocycles. The number of rotatable bonds is 7. The molecule has 2 aliphatic heterocycles. The summed E-state index contributed by atoms with van der Waals surface area (Å²) in [6.45, 7) is 15.9. The van der Waals surface area contributed by atoms with Gasteiger partial charge in [-0.1, -0.05) is 20.8 Å². The number of ether oxygens (including phenoxy) is 1. The number of nitrogens with one attached hydrogen (secondary N) is 1. The molecule has 2 atom stereocenters. The van der Waals surface area contributed by atoms with E-state index in [9.17, 15) is 0 Å². The van der Waals surface area contributed by atoms with Crippen LogP contribution in [0.4, 0.5) is 0 Å². The molecule has 2 rings (SSSR count). The standard InChI is InChI=1S/C16H33N3O/c1-4-7-19(15-5-6-17-10-15)13-16-12-18(8-9-20-16)11-14(2)3/h14-17H,4-13H2,1-3H3. The summed E-state index contributed by atoms with van der Waals surface area (Å²) < 4.78 is 6.02. The molecule has 2 fully saturated rings. The topological polar surface area (TPSA) is 27.7 Å². The quantitative estimate of drug-likeness (QED) is 0.765. The molecule has 0 aromatic rings. The third-order valence-corrected chi connectivity index (χ3v) is 4.35. The molecular formula is C16H33N3O. The van der Waals surface area contributed by atoms with Crippen molar-refractivity contribution in [2.45, 2.75) is 45.8 Å². The predicted octanol–water partition coefficient (Wildman–Crippen LogP) is 1.42. The van der Waals surface area contributed by atoms with E-state index >= 15 is 0 Å². The van der Waals surface area contributed by atoms with Crippen molar-refractivity contribution in [1.82, 2.24) is 15.1 Å². The lowest BCUT2D eigenvalue weighted by molar-refractivity contribution is -0.0502.